The summed E-state index contributed by atoms with van der Waals surface area (Å²) in [6.07, 6.45) is 1.03. The number of rotatable bonds is 5. The van der Waals surface area contributed by atoms with Crippen molar-refractivity contribution in [2.24, 2.45) is 0 Å². The predicted molar refractivity (Wildman–Crippen MR) is 113 cm³/mol. The van der Waals surface area contributed by atoms with Gasteiger partial charge in [0, 0.05) is 23.6 Å². The van der Waals surface area contributed by atoms with Crippen molar-refractivity contribution in [1.29, 1.82) is 0 Å². The van der Waals surface area contributed by atoms with Crippen LogP contribution in [0.1, 0.15) is 38.3 Å². The van der Waals surface area contributed by atoms with E-state index >= 15 is 0 Å². The number of aromatic nitrogens is 1. The number of methoxy groups -OCH3 is 1. The maximum Gasteiger partial charge on any atom is 0.248 e. The molecule has 0 radical (unpaired) electrons. The van der Waals surface area contributed by atoms with Crippen LogP contribution in [0.15, 0.2) is 53.3 Å². The lowest BCUT2D eigenvalue weighted by molar-refractivity contribution is -0.116. The third kappa shape index (κ3) is 4.60. The zero-order valence-electron chi connectivity index (χ0n) is 16.8. The number of aromatic amines is 1. The Morgan fingerprint density at radius 3 is 2.43 bits per heavy atom. The number of fused-ring (bicyclic) bond motifs is 1. The van der Waals surface area contributed by atoms with Gasteiger partial charge in [-0.25, -0.2) is 0 Å². The first-order valence-corrected chi connectivity index (χ1v) is 9.36. The molecule has 1 amide bonds. The molecule has 0 aliphatic heterocycles. The minimum absolute atomic E-state index is 0.0653. The standard InChI is InChI=1S/C23H26N2O3/c1-23(2,3)19-14-22(27)25-20-13-16(8-11-18(19)20)24-21(26)12-7-15-5-9-17(28-4)10-6-15/h5-6,8-11,13-14H,7,12H2,1-4H3,(H,24,26)(H,25,27). The lowest BCUT2D eigenvalue weighted by Crippen LogP contribution is -2.17. The molecule has 5 nitrogen and oxygen atoms in total. The van der Waals surface area contributed by atoms with Gasteiger partial charge in [-0.1, -0.05) is 39.0 Å². The van der Waals surface area contributed by atoms with E-state index in [9.17, 15) is 9.59 Å². The molecular formula is C23H26N2O3. The topological polar surface area (TPSA) is 71.2 Å². The molecule has 0 bridgehead atoms. The number of pyridine rings is 1. The number of aryl methyl sites for hydroxylation is 1. The van der Waals surface area contributed by atoms with E-state index in [0.717, 1.165) is 27.8 Å². The molecule has 28 heavy (non-hydrogen) atoms. The van der Waals surface area contributed by atoms with Crippen LogP contribution in [0.5, 0.6) is 5.75 Å². The second kappa shape index (κ2) is 7.89. The van der Waals surface area contributed by atoms with E-state index in [-0.39, 0.29) is 16.9 Å². The van der Waals surface area contributed by atoms with Crippen LogP contribution in [-0.4, -0.2) is 18.0 Å². The SMILES string of the molecule is COc1ccc(CCC(=O)Nc2ccc3c(C(C)(C)C)cc(=O)[nH]c3c2)cc1. The van der Waals surface area contributed by atoms with Crippen LogP contribution in [0.25, 0.3) is 10.9 Å². The maximum atomic E-state index is 12.3. The van der Waals surface area contributed by atoms with Crippen LogP contribution < -0.4 is 15.6 Å². The highest BCUT2D eigenvalue weighted by Crippen LogP contribution is 2.29. The smallest absolute Gasteiger partial charge is 0.248 e. The van der Waals surface area contributed by atoms with E-state index in [2.05, 4.69) is 31.1 Å². The number of H-pyrrole nitrogens is 1. The molecule has 0 spiro atoms. The number of anilines is 1. The Kier molecular flexibility index (Phi) is 5.54. The van der Waals surface area contributed by atoms with Gasteiger partial charge in [-0.05, 0) is 47.2 Å². The molecule has 3 rings (SSSR count). The number of nitrogens with one attached hydrogen (secondary N) is 2. The Hall–Kier alpha value is -3.08. The molecule has 3 aromatic rings. The van der Waals surface area contributed by atoms with Crippen LogP contribution in [0.3, 0.4) is 0 Å². The van der Waals surface area contributed by atoms with E-state index in [1.807, 2.05) is 42.5 Å². The molecule has 0 fully saturated rings. The van der Waals surface area contributed by atoms with Gasteiger partial charge in [0.15, 0.2) is 0 Å². The fourth-order valence-corrected chi connectivity index (χ4v) is 3.23. The number of carbonyl (C=O) groups excluding carboxylic acids is 1. The van der Waals surface area contributed by atoms with Crippen LogP contribution in [-0.2, 0) is 16.6 Å². The summed E-state index contributed by atoms with van der Waals surface area (Å²) in [6.45, 7) is 6.24. The van der Waals surface area contributed by atoms with Crippen LogP contribution in [0.4, 0.5) is 5.69 Å². The molecule has 1 aromatic heterocycles. The van der Waals surface area contributed by atoms with E-state index in [4.69, 9.17) is 4.74 Å². The van der Waals surface area contributed by atoms with Gasteiger partial charge in [-0.2, -0.15) is 0 Å². The van der Waals surface area contributed by atoms with Crippen molar-refractivity contribution < 1.29 is 9.53 Å². The number of amides is 1. The average molecular weight is 378 g/mol. The molecule has 1 heterocycles. The third-order valence-corrected chi connectivity index (χ3v) is 4.73. The summed E-state index contributed by atoms with van der Waals surface area (Å²) in [5, 5.41) is 3.91. The first-order chi connectivity index (χ1) is 13.3. The van der Waals surface area contributed by atoms with Gasteiger partial charge >= 0.3 is 0 Å². The fourth-order valence-electron chi connectivity index (χ4n) is 3.23. The Morgan fingerprint density at radius 2 is 1.79 bits per heavy atom. The van der Waals surface area contributed by atoms with E-state index in [0.29, 0.717) is 18.5 Å². The molecule has 2 N–H and O–H groups in total. The third-order valence-electron chi connectivity index (χ3n) is 4.73. The summed E-state index contributed by atoms with van der Waals surface area (Å²) in [7, 11) is 1.63. The van der Waals surface area contributed by atoms with Gasteiger partial charge in [-0.3, -0.25) is 9.59 Å². The average Bonchev–Trinajstić information content (AvgIpc) is 2.65. The molecule has 2 aromatic carbocycles. The van der Waals surface area contributed by atoms with Crippen molar-refractivity contribution in [2.45, 2.75) is 39.0 Å². The lowest BCUT2D eigenvalue weighted by Gasteiger charge is -2.21. The highest BCUT2D eigenvalue weighted by Gasteiger charge is 2.18. The highest BCUT2D eigenvalue weighted by atomic mass is 16.5. The summed E-state index contributed by atoms with van der Waals surface area (Å²) in [5.41, 5.74) is 3.19. The normalized spacial score (nSPS) is 11.4. The Bertz CT molecular complexity index is 1040. The van der Waals surface area contributed by atoms with Gasteiger partial charge in [0.25, 0.3) is 0 Å². The Balaban J connectivity index is 1.73. The van der Waals surface area contributed by atoms with Gasteiger partial charge in [0.05, 0.1) is 12.6 Å². The molecule has 0 aliphatic rings. The lowest BCUT2D eigenvalue weighted by atomic mass is 9.85. The number of carbonyl (C=O) groups is 1. The molecule has 146 valence electrons. The van der Waals surface area contributed by atoms with Gasteiger partial charge in [-0.15, -0.1) is 0 Å². The Labute approximate surface area is 164 Å². The molecule has 5 heteroatoms. The maximum absolute atomic E-state index is 12.3. The van der Waals surface area contributed by atoms with Gasteiger partial charge in [0.2, 0.25) is 11.5 Å². The Morgan fingerprint density at radius 1 is 1.07 bits per heavy atom. The molecule has 0 saturated carbocycles. The van der Waals surface area contributed by atoms with Gasteiger partial charge < -0.3 is 15.0 Å². The minimum atomic E-state index is -0.143. The number of hydrogen-bond acceptors (Lipinski definition) is 3. The number of hydrogen-bond donors (Lipinski definition) is 2. The summed E-state index contributed by atoms with van der Waals surface area (Å²) < 4.78 is 5.14. The van der Waals surface area contributed by atoms with Crippen LogP contribution in [0.2, 0.25) is 0 Å². The molecule has 0 atom stereocenters. The fraction of sp³-hybridized carbons (Fsp3) is 0.304. The minimum Gasteiger partial charge on any atom is -0.497 e. The van der Waals surface area contributed by atoms with Gasteiger partial charge in [0.1, 0.15) is 5.75 Å². The summed E-state index contributed by atoms with van der Waals surface area (Å²) in [6, 6.07) is 15.0. The molecule has 0 unspecified atom stereocenters. The van der Waals surface area contributed by atoms with Crippen molar-refractivity contribution in [1.82, 2.24) is 4.98 Å². The predicted octanol–water partition coefficient (Wildman–Crippen LogP) is 4.41. The second-order valence-corrected chi connectivity index (χ2v) is 7.95. The first kappa shape index (κ1) is 19.7. The first-order valence-electron chi connectivity index (χ1n) is 9.36. The van der Waals surface area contributed by atoms with Crippen molar-refractivity contribution >= 4 is 22.5 Å². The second-order valence-electron chi connectivity index (χ2n) is 7.95. The molecule has 0 saturated heterocycles. The van der Waals surface area contributed by atoms with Crippen molar-refractivity contribution in [2.75, 3.05) is 12.4 Å². The molecule has 0 aliphatic carbocycles. The van der Waals surface area contributed by atoms with Crippen molar-refractivity contribution in [3.05, 3.63) is 70.0 Å². The number of benzene rings is 2. The summed E-state index contributed by atoms with van der Waals surface area (Å²) in [5.74, 6) is 0.734. The van der Waals surface area contributed by atoms with Crippen molar-refractivity contribution in [3.8, 4) is 5.75 Å². The highest BCUT2D eigenvalue weighted by molar-refractivity contribution is 5.94. The number of ether oxygens (including phenoxy) is 1. The largest absolute Gasteiger partial charge is 0.497 e. The summed E-state index contributed by atoms with van der Waals surface area (Å²) >= 11 is 0. The van der Waals surface area contributed by atoms with E-state index < -0.39 is 0 Å². The van der Waals surface area contributed by atoms with E-state index in [1.165, 1.54) is 0 Å². The van der Waals surface area contributed by atoms with E-state index in [1.54, 1.807) is 13.2 Å². The summed E-state index contributed by atoms with van der Waals surface area (Å²) in [4.78, 5) is 27.2. The monoisotopic (exact) mass is 378 g/mol. The van der Waals surface area contributed by atoms with Crippen LogP contribution in [0, 0.1) is 0 Å². The zero-order valence-corrected chi connectivity index (χ0v) is 16.8. The van der Waals surface area contributed by atoms with Crippen molar-refractivity contribution in [3.63, 3.8) is 0 Å². The van der Waals surface area contributed by atoms with Crippen LogP contribution >= 0.6 is 0 Å². The zero-order chi connectivity index (χ0) is 20.3. The molecular weight excluding hydrogens is 352 g/mol. The quantitative estimate of drug-likeness (QED) is 0.691.